The van der Waals surface area contributed by atoms with Gasteiger partial charge in [-0.2, -0.15) is 16.6 Å². The summed E-state index contributed by atoms with van der Waals surface area (Å²) in [7, 11) is 0. The zero-order valence-electron chi connectivity index (χ0n) is 12.1. The number of nitrogens with zero attached hydrogens (tertiary/aromatic N) is 1. The molecule has 0 bridgehead atoms. The number of nitriles is 1. The molecule has 1 aromatic heterocycles. The molecule has 118 valence electrons. The number of hydrogen-bond acceptors (Lipinski definition) is 4. The molecular formula is C16H14ClN3O2S. The number of benzene rings is 1. The van der Waals surface area contributed by atoms with Crippen LogP contribution < -0.4 is 10.6 Å². The summed E-state index contributed by atoms with van der Waals surface area (Å²) < 4.78 is 0. The fourth-order valence-corrected chi connectivity index (χ4v) is 2.71. The lowest BCUT2D eigenvalue weighted by Crippen LogP contribution is -2.25. The van der Waals surface area contributed by atoms with E-state index in [1.54, 1.807) is 23.6 Å². The average Bonchev–Trinajstić information content (AvgIpc) is 3.06. The van der Waals surface area contributed by atoms with Crippen molar-refractivity contribution in [1.82, 2.24) is 5.32 Å². The van der Waals surface area contributed by atoms with Crippen molar-refractivity contribution in [2.24, 2.45) is 0 Å². The van der Waals surface area contributed by atoms with E-state index < -0.39 is 0 Å². The van der Waals surface area contributed by atoms with Crippen molar-refractivity contribution in [3.8, 4) is 6.07 Å². The van der Waals surface area contributed by atoms with Gasteiger partial charge in [0.25, 0.3) is 5.91 Å². The lowest BCUT2D eigenvalue weighted by Gasteiger charge is -2.07. The summed E-state index contributed by atoms with van der Waals surface area (Å²) in [4.78, 5) is 23.5. The molecule has 0 aliphatic heterocycles. The van der Waals surface area contributed by atoms with Crippen molar-refractivity contribution >= 4 is 40.4 Å². The van der Waals surface area contributed by atoms with E-state index in [-0.39, 0.29) is 18.2 Å². The quantitative estimate of drug-likeness (QED) is 0.785. The number of carbonyl (C=O) groups excluding carboxylic acids is 2. The van der Waals surface area contributed by atoms with E-state index in [0.29, 0.717) is 34.8 Å². The minimum absolute atomic E-state index is 0.134. The first kappa shape index (κ1) is 17.0. The number of amides is 2. The van der Waals surface area contributed by atoms with Crippen LogP contribution in [0.5, 0.6) is 0 Å². The van der Waals surface area contributed by atoms with Gasteiger partial charge in [-0.05, 0) is 36.1 Å². The summed E-state index contributed by atoms with van der Waals surface area (Å²) >= 11 is 7.36. The van der Waals surface area contributed by atoms with Gasteiger partial charge in [0.1, 0.15) is 6.07 Å². The van der Waals surface area contributed by atoms with Crippen LogP contribution in [0, 0.1) is 11.3 Å². The van der Waals surface area contributed by atoms with Gasteiger partial charge in [-0.25, -0.2) is 0 Å². The van der Waals surface area contributed by atoms with E-state index >= 15 is 0 Å². The molecule has 0 radical (unpaired) electrons. The van der Waals surface area contributed by atoms with Crippen LogP contribution in [-0.4, -0.2) is 18.4 Å². The molecule has 2 amide bonds. The number of rotatable bonds is 6. The van der Waals surface area contributed by atoms with Gasteiger partial charge in [-0.3, -0.25) is 9.59 Å². The van der Waals surface area contributed by atoms with Gasteiger partial charge in [0, 0.05) is 29.6 Å². The summed E-state index contributed by atoms with van der Waals surface area (Å²) in [5.41, 5.74) is 1.54. The van der Waals surface area contributed by atoms with Crippen LogP contribution >= 0.6 is 22.9 Å². The molecule has 7 heteroatoms. The second-order valence-corrected chi connectivity index (χ2v) is 5.91. The molecule has 0 fully saturated rings. The van der Waals surface area contributed by atoms with E-state index in [9.17, 15) is 9.59 Å². The summed E-state index contributed by atoms with van der Waals surface area (Å²) in [6, 6.07) is 8.43. The Hall–Kier alpha value is -2.36. The third-order valence-corrected chi connectivity index (χ3v) is 4.02. The number of anilines is 1. The topological polar surface area (TPSA) is 82.0 Å². The van der Waals surface area contributed by atoms with Gasteiger partial charge in [0.15, 0.2) is 0 Å². The zero-order chi connectivity index (χ0) is 16.7. The molecule has 2 N–H and O–H groups in total. The second-order valence-electron chi connectivity index (χ2n) is 4.73. The van der Waals surface area contributed by atoms with Crippen LogP contribution in [0.2, 0.25) is 5.02 Å². The average molecular weight is 348 g/mol. The van der Waals surface area contributed by atoms with Gasteiger partial charge in [-0.1, -0.05) is 11.6 Å². The van der Waals surface area contributed by atoms with Gasteiger partial charge in [0.2, 0.25) is 5.91 Å². The minimum Gasteiger partial charge on any atom is -0.352 e. The van der Waals surface area contributed by atoms with Crippen LogP contribution in [0.1, 0.15) is 28.8 Å². The highest BCUT2D eigenvalue weighted by molar-refractivity contribution is 7.08. The van der Waals surface area contributed by atoms with Gasteiger partial charge >= 0.3 is 0 Å². The zero-order valence-corrected chi connectivity index (χ0v) is 13.7. The van der Waals surface area contributed by atoms with Crippen molar-refractivity contribution < 1.29 is 9.59 Å². The molecule has 1 aromatic carbocycles. The lowest BCUT2D eigenvalue weighted by atomic mass is 10.2. The molecular weight excluding hydrogens is 334 g/mol. The third-order valence-electron chi connectivity index (χ3n) is 3.02. The molecule has 0 aliphatic carbocycles. The van der Waals surface area contributed by atoms with Crippen LogP contribution in [0.3, 0.4) is 0 Å². The first-order valence-corrected chi connectivity index (χ1v) is 8.22. The Morgan fingerprint density at radius 1 is 1.30 bits per heavy atom. The van der Waals surface area contributed by atoms with Crippen LogP contribution in [0.4, 0.5) is 5.69 Å². The molecule has 0 spiro atoms. The van der Waals surface area contributed by atoms with E-state index in [0.717, 1.165) is 0 Å². The standard InChI is InChI=1S/C16H14ClN3O2S/c17-14-8-13(4-3-11(14)9-18)20-15(21)2-1-6-19-16(22)12-5-7-23-10-12/h3-5,7-8,10H,1-2,6H2,(H,19,22)(H,20,21). The number of halogens is 1. The van der Waals surface area contributed by atoms with E-state index in [1.807, 2.05) is 11.4 Å². The van der Waals surface area contributed by atoms with Crippen molar-refractivity contribution in [3.05, 3.63) is 51.2 Å². The molecule has 5 nitrogen and oxygen atoms in total. The molecule has 0 saturated carbocycles. The molecule has 0 saturated heterocycles. The maximum absolute atomic E-state index is 11.8. The third kappa shape index (κ3) is 5.09. The number of nitrogens with one attached hydrogen (secondary N) is 2. The highest BCUT2D eigenvalue weighted by Crippen LogP contribution is 2.20. The Labute approximate surface area is 142 Å². The highest BCUT2D eigenvalue weighted by Gasteiger charge is 2.07. The van der Waals surface area contributed by atoms with E-state index in [4.69, 9.17) is 16.9 Å². The van der Waals surface area contributed by atoms with Gasteiger partial charge in [0.05, 0.1) is 10.6 Å². The van der Waals surface area contributed by atoms with Crippen LogP contribution in [0.25, 0.3) is 0 Å². The van der Waals surface area contributed by atoms with Gasteiger partial charge < -0.3 is 10.6 Å². The molecule has 0 atom stereocenters. The van der Waals surface area contributed by atoms with E-state index in [1.165, 1.54) is 17.4 Å². The predicted octanol–water partition coefficient (Wildman–Crippen LogP) is 3.42. The predicted molar refractivity (Wildman–Crippen MR) is 90.7 cm³/mol. The van der Waals surface area contributed by atoms with Crippen LogP contribution in [0.15, 0.2) is 35.0 Å². The number of hydrogen-bond donors (Lipinski definition) is 2. The molecule has 1 heterocycles. The molecule has 2 aromatic rings. The SMILES string of the molecule is N#Cc1ccc(NC(=O)CCCNC(=O)c2ccsc2)cc1Cl. The highest BCUT2D eigenvalue weighted by atomic mass is 35.5. The van der Waals surface area contributed by atoms with Crippen LogP contribution in [-0.2, 0) is 4.79 Å². The Morgan fingerprint density at radius 3 is 2.78 bits per heavy atom. The molecule has 0 unspecified atom stereocenters. The maximum atomic E-state index is 11.8. The van der Waals surface area contributed by atoms with E-state index in [2.05, 4.69) is 10.6 Å². The summed E-state index contributed by atoms with van der Waals surface area (Å²) in [6.07, 6.45) is 0.813. The summed E-state index contributed by atoms with van der Waals surface area (Å²) in [5, 5.41) is 18.2. The normalized spacial score (nSPS) is 9.91. The van der Waals surface area contributed by atoms with Crippen molar-refractivity contribution in [1.29, 1.82) is 5.26 Å². The fourth-order valence-electron chi connectivity index (χ4n) is 1.85. The minimum atomic E-state index is -0.171. The number of thiophene rings is 1. The second kappa shape index (κ2) is 8.32. The summed E-state index contributed by atoms with van der Waals surface area (Å²) in [5.74, 6) is -0.305. The molecule has 2 rings (SSSR count). The Kier molecular flexibility index (Phi) is 6.15. The maximum Gasteiger partial charge on any atom is 0.252 e. The van der Waals surface area contributed by atoms with Crippen molar-refractivity contribution in [2.45, 2.75) is 12.8 Å². The van der Waals surface area contributed by atoms with Gasteiger partial charge in [-0.15, -0.1) is 0 Å². The monoisotopic (exact) mass is 347 g/mol. The Morgan fingerprint density at radius 2 is 2.13 bits per heavy atom. The first-order valence-electron chi connectivity index (χ1n) is 6.90. The smallest absolute Gasteiger partial charge is 0.252 e. The Balaban J connectivity index is 1.72. The number of carbonyl (C=O) groups is 2. The molecule has 23 heavy (non-hydrogen) atoms. The van der Waals surface area contributed by atoms with Crippen molar-refractivity contribution in [2.75, 3.05) is 11.9 Å². The fraction of sp³-hybridized carbons (Fsp3) is 0.188. The lowest BCUT2D eigenvalue weighted by molar-refractivity contribution is -0.116. The summed E-state index contributed by atoms with van der Waals surface area (Å²) in [6.45, 7) is 0.427. The molecule has 0 aliphatic rings. The van der Waals surface area contributed by atoms with Crippen molar-refractivity contribution in [3.63, 3.8) is 0 Å². The Bertz CT molecular complexity index is 738. The largest absolute Gasteiger partial charge is 0.352 e. The first-order chi connectivity index (χ1) is 11.1.